The molecule has 0 aliphatic heterocycles. The van der Waals surface area contributed by atoms with Crippen LogP contribution in [0.25, 0.3) is 0 Å². The molecule has 1 aromatic rings. The van der Waals surface area contributed by atoms with E-state index in [4.69, 9.17) is 32.2 Å². The van der Waals surface area contributed by atoms with E-state index in [1.54, 1.807) is 7.11 Å². The van der Waals surface area contributed by atoms with E-state index in [0.29, 0.717) is 31.4 Å². The van der Waals surface area contributed by atoms with Crippen LogP contribution in [-0.4, -0.2) is 38.5 Å². The van der Waals surface area contributed by atoms with Gasteiger partial charge in [0.25, 0.3) is 0 Å². The maximum Gasteiger partial charge on any atom is 0.133 e. The largest absolute Gasteiger partial charge is 0.490 e. The van der Waals surface area contributed by atoms with Gasteiger partial charge in [-0.05, 0) is 40.5 Å². The zero-order valence-corrected chi connectivity index (χ0v) is 13.3. The van der Waals surface area contributed by atoms with Crippen molar-refractivity contribution >= 4 is 33.1 Å². The molecule has 0 aliphatic carbocycles. The normalized spacial score (nSPS) is 10.4. The lowest BCUT2D eigenvalue weighted by Crippen LogP contribution is -2.10. The average Bonchev–Trinajstić information content (AvgIpc) is 2.39. The Bertz CT molecular complexity index is 415. The summed E-state index contributed by atoms with van der Waals surface area (Å²) in [6.45, 7) is 2.44. The molecule has 0 amide bonds. The van der Waals surface area contributed by atoms with Crippen LogP contribution in [0.15, 0.2) is 22.7 Å². The first kappa shape index (κ1) is 16.4. The molecule has 0 aromatic heterocycles. The maximum absolute atomic E-state index is 5.59. The van der Waals surface area contributed by atoms with Crippen molar-refractivity contribution in [3.63, 3.8) is 0 Å². The van der Waals surface area contributed by atoms with Gasteiger partial charge >= 0.3 is 0 Å². The number of rotatable bonds is 9. The van der Waals surface area contributed by atoms with Gasteiger partial charge in [-0.25, -0.2) is 0 Å². The second-order valence-electron chi connectivity index (χ2n) is 3.82. The molecule has 4 nitrogen and oxygen atoms in total. The number of halogens is 1. The average molecular weight is 348 g/mol. The van der Waals surface area contributed by atoms with E-state index in [2.05, 4.69) is 15.9 Å². The molecular weight excluding hydrogens is 330 g/mol. The van der Waals surface area contributed by atoms with Gasteiger partial charge in [0.1, 0.15) is 17.3 Å². The standard InChI is InChI=1S/C13H18BrNO3S/c1-16-5-2-6-17-7-8-18-12-4-3-10(13(15)19)9-11(12)14/h3-4,9H,2,5-8H2,1H3,(H2,15,19). The molecule has 0 atom stereocenters. The summed E-state index contributed by atoms with van der Waals surface area (Å²) in [4.78, 5) is 0.369. The smallest absolute Gasteiger partial charge is 0.133 e. The van der Waals surface area contributed by atoms with Crippen molar-refractivity contribution in [3.05, 3.63) is 28.2 Å². The van der Waals surface area contributed by atoms with Crippen LogP contribution in [0, 0.1) is 0 Å². The number of hydrogen-bond donors (Lipinski definition) is 1. The van der Waals surface area contributed by atoms with Crippen molar-refractivity contribution in [2.75, 3.05) is 33.5 Å². The number of ether oxygens (including phenoxy) is 3. The van der Waals surface area contributed by atoms with E-state index in [-0.39, 0.29) is 0 Å². The third kappa shape index (κ3) is 6.33. The molecule has 2 N–H and O–H groups in total. The van der Waals surface area contributed by atoms with Gasteiger partial charge < -0.3 is 19.9 Å². The third-order valence-electron chi connectivity index (χ3n) is 2.34. The highest BCUT2D eigenvalue weighted by Crippen LogP contribution is 2.25. The number of nitrogens with two attached hydrogens (primary N) is 1. The summed E-state index contributed by atoms with van der Waals surface area (Å²) in [6.07, 6.45) is 0.892. The number of methoxy groups -OCH3 is 1. The van der Waals surface area contributed by atoms with E-state index < -0.39 is 0 Å². The Morgan fingerprint density at radius 3 is 2.68 bits per heavy atom. The maximum atomic E-state index is 5.59. The molecule has 6 heteroatoms. The van der Waals surface area contributed by atoms with E-state index >= 15 is 0 Å². The molecular formula is C13H18BrNO3S. The Kier molecular flexibility index (Phi) is 7.97. The van der Waals surface area contributed by atoms with E-state index in [9.17, 15) is 0 Å². The minimum atomic E-state index is 0.369. The first-order chi connectivity index (χ1) is 9.15. The van der Waals surface area contributed by atoms with Crippen LogP contribution < -0.4 is 10.5 Å². The van der Waals surface area contributed by atoms with Crippen LogP contribution in [0.3, 0.4) is 0 Å². The minimum Gasteiger partial charge on any atom is -0.490 e. The van der Waals surface area contributed by atoms with Crippen LogP contribution in [0.5, 0.6) is 5.75 Å². The van der Waals surface area contributed by atoms with Crippen molar-refractivity contribution in [1.29, 1.82) is 0 Å². The van der Waals surface area contributed by atoms with Gasteiger partial charge in [-0.15, -0.1) is 0 Å². The first-order valence-corrected chi connectivity index (χ1v) is 7.14. The van der Waals surface area contributed by atoms with Gasteiger partial charge in [-0.2, -0.15) is 0 Å². The molecule has 1 aromatic carbocycles. The van der Waals surface area contributed by atoms with Gasteiger partial charge in [-0.1, -0.05) is 12.2 Å². The number of hydrogen-bond acceptors (Lipinski definition) is 4. The second kappa shape index (κ2) is 9.25. The fraction of sp³-hybridized carbons (Fsp3) is 0.462. The summed E-state index contributed by atoms with van der Waals surface area (Å²) in [5.74, 6) is 0.750. The van der Waals surface area contributed by atoms with Gasteiger partial charge in [-0.3, -0.25) is 0 Å². The van der Waals surface area contributed by atoms with E-state index in [1.165, 1.54) is 0 Å². The lowest BCUT2D eigenvalue weighted by molar-refractivity contribution is 0.0805. The molecule has 0 saturated carbocycles. The summed E-state index contributed by atoms with van der Waals surface area (Å²) in [7, 11) is 1.68. The van der Waals surface area contributed by atoms with Crippen molar-refractivity contribution in [3.8, 4) is 5.75 Å². The fourth-order valence-corrected chi connectivity index (χ4v) is 2.01. The lowest BCUT2D eigenvalue weighted by atomic mass is 10.2. The lowest BCUT2D eigenvalue weighted by Gasteiger charge is -2.09. The highest BCUT2D eigenvalue weighted by Gasteiger charge is 2.04. The van der Waals surface area contributed by atoms with Crippen LogP contribution in [0.4, 0.5) is 0 Å². The fourth-order valence-electron chi connectivity index (χ4n) is 1.39. The zero-order chi connectivity index (χ0) is 14.1. The number of thiocarbonyl (C=S) groups is 1. The predicted octanol–water partition coefficient (Wildman–Crippen LogP) is 2.52. The van der Waals surface area contributed by atoms with Crippen LogP contribution >= 0.6 is 28.1 Å². The highest BCUT2D eigenvalue weighted by atomic mass is 79.9. The summed E-state index contributed by atoms with van der Waals surface area (Å²) < 4.78 is 16.7. The summed E-state index contributed by atoms with van der Waals surface area (Å²) in [6, 6.07) is 5.52. The van der Waals surface area contributed by atoms with Crippen molar-refractivity contribution < 1.29 is 14.2 Å². The summed E-state index contributed by atoms with van der Waals surface area (Å²) >= 11 is 8.33. The van der Waals surface area contributed by atoms with Gasteiger partial charge in [0.15, 0.2) is 0 Å². The van der Waals surface area contributed by atoms with Gasteiger partial charge in [0.05, 0.1) is 11.1 Å². The molecule has 0 unspecified atom stereocenters. The molecule has 19 heavy (non-hydrogen) atoms. The molecule has 0 aliphatic rings. The van der Waals surface area contributed by atoms with Crippen LogP contribution in [0.2, 0.25) is 0 Å². The minimum absolute atomic E-state index is 0.369. The van der Waals surface area contributed by atoms with Crippen molar-refractivity contribution in [2.24, 2.45) is 5.73 Å². The Labute approximate surface area is 127 Å². The molecule has 0 bridgehead atoms. The molecule has 0 radical (unpaired) electrons. The SMILES string of the molecule is COCCCOCCOc1ccc(C(N)=S)cc1Br. The number of benzene rings is 1. The van der Waals surface area contributed by atoms with E-state index in [1.807, 2.05) is 18.2 Å². The van der Waals surface area contributed by atoms with Crippen molar-refractivity contribution in [1.82, 2.24) is 0 Å². The Balaban J connectivity index is 2.28. The Morgan fingerprint density at radius 2 is 2.05 bits per heavy atom. The molecule has 0 fully saturated rings. The Hall–Kier alpha value is -0.690. The molecule has 0 heterocycles. The Morgan fingerprint density at radius 1 is 1.26 bits per heavy atom. The first-order valence-electron chi connectivity index (χ1n) is 5.94. The second-order valence-corrected chi connectivity index (χ2v) is 5.11. The monoisotopic (exact) mass is 347 g/mol. The summed E-state index contributed by atoms with van der Waals surface area (Å²) in [5, 5.41) is 0. The highest BCUT2D eigenvalue weighted by molar-refractivity contribution is 9.10. The van der Waals surface area contributed by atoms with Gasteiger partial charge in [0, 0.05) is 25.9 Å². The molecule has 0 spiro atoms. The van der Waals surface area contributed by atoms with Gasteiger partial charge in [0.2, 0.25) is 0 Å². The predicted molar refractivity (Wildman–Crippen MR) is 82.8 cm³/mol. The molecule has 1 rings (SSSR count). The third-order valence-corrected chi connectivity index (χ3v) is 3.19. The van der Waals surface area contributed by atoms with E-state index in [0.717, 1.165) is 22.2 Å². The summed E-state index contributed by atoms with van der Waals surface area (Å²) in [5.41, 5.74) is 6.36. The topological polar surface area (TPSA) is 53.7 Å². The zero-order valence-electron chi connectivity index (χ0n) is 10.9. The van der Waals surface area contributed by atoms with Crippen molar-refractivity contribution in [2.45, 2.75) is 6.42 Å². The molecule has 0 saturated heterocycles. The quantitative estimate of drug-likeness (QED) is 0.549. The van der Waals surface area contributed by atoms with Crippen LogP contribution in [-0.2, 0) is 9.47 Å². The van der Waals surface area contributed by atoms with Crippen LogP contribution in [0.1, 0.15) is 12.0 Å². The molecule has 106 valence electrons.